The van der Waals surface area contributed by atoms with Crippen molar-refractivity contribution >= 4 is 62.3 Å². The number of benzene rings is 3. The van der Waals surface area contributed by atoms with E-state index in [4.69, 9.17) is 34.8 Å². The minimum atomic E-state index is -4.21. The van der Waals surface area contributed by atoms with Crippen LogP contribution in [-0.2, 0) is 26.2 Å². The molecule has 1 saturated carbocycles. The molecule has 2 amide bonds. The number of rotatable bonds is 10. The third kappa shape index (κ3) is 8.16. The first-order valence-corrected chi connectivity index (χ1v) is 16.0. The fourth-order valence-electron chi connectivity index (χ4n) is 4.83. The molecular formula is C30H32Cl3N3O4S. The predicted molar refractivity (Wildman–Crippen MR) is 164 cm³/mol. The van der Waals surface area contributed by atoms with E-state index < -0.39 is 28.5 Å². The van der Waals surface area contributed by atoms with Crippen molar-refractivity contribution in [1.82, 2.24) is 10.2 Å². The summed E-state index contributed by atoms with van der Waals surface area (Å²) in [6.45, 7) is 1.18. The second-order valence-corrected chi connectivity index (χ2v) is 13.3. The zero-order chi connectivity index (χ0) is 29.6. The normalized spacial score (nSPS) is 14.7. The molecule has 218 valence electrons. The van der Waals surface area contributed by atoms with E-state index in [1.165, 1.54) is 35.2 Å². The van der Waals surface area contributed by atoms with Crippen LogP contribution < -0.4 is 9.62 Å². The van der Waals surface area contributed by atoms with Gasteiger partial charge in [-0.1, -0.05) is 72.3 Å². The highest BCUT2D eigenvalue weighted by Gasteiger charge is 2.33. The van der Waals surface area contributed by atoms with Gasteiger partial charge in [0.15, 0.2) is 0 Å². The first kappa shape index (κ1) is 31.2. The molecule has 0 bridgehead atoms. The Morgan fingerprint density at radius 1 is 0.878 bits per heavy atom. The van der Waals surface area contributed by atoms with Crippen molar-refractivity contribution in [2.45, 2.75) is 62.6 Å². The molecule has 4 rings (SSSR count). The van der Waals surface area contributed by atoms with E-state index in [1.807, 2.05) is 0 Å². The molecule has 41 heavy (non-hydrogen) atoms. The van der Waals surface area contributed by atoms with Gasteiger partial charge in [-0.05, 0) is 79.9 Å². The van der Waals surface area contributed by atoms with Crippen LogP contribution in [0.5, 0.6) is 0 Å². The number of anilines is 1. The van der Waals surface area contributed by atoms with Crippen LogP contribution >= 0.6 is 34.8 Å². The molecule has 0 heterocycles. The number of halogens is 3. The molecule has 1 N–H and O–H groups in total. The Balaban J connectivity index is 1.67. The monoisotopic (exact) mass is 635 g/mol. The predicted octanol–water partition coefficient (Wildman–Crippen LogP) is 6.71. The van der Waals surface area contributed by atoms with Crippen molar-refractivity contribution in [2.75, 3.05) is 10.8 Å². The highest BCUT2D eigenvalue weighted by atomic mass is 35.5. The lowest BCUT2D eigenvalue weighted by atomic mass is 9.95. The van der Waals surface area contributed by atoms with Crippen molar-refractivity contribution in [3.63, 3.8) is 0 Å². The first-order chi connectivity index (χ1) is 19.5. The van der Waals surface area contributed by atoms with Crippen LogP contribution in [-0.4, -0.2) is 43.8 Å². The van der Waals surface area contributed by atoms with Crippen molar-refractivity contribution in [2.24, 2.45) is 0 Å². The molecule has 1 aliphatic rings. The van der Waals surface area contributed by atoms with Gasteiger partial charge >= 0.3 is 0 Å². The second kappa shape index (κ2) is 13.9. The van der Waals surface area contributed by atoms with Gasteiger partial charge in [0.1, 0.15) is 12.6 Å². The Labute approximate surface area is 256 Å². The summed E-state index contributed by atoms with van der Waals surface area (Å²) in [4.78, 5) is 28.7. The van der Waals surface area contributed by atoms with Crippen molar-refractivity contribution in [1.29, 1.82) is 0 Å². The third-order valence-corrected chi connectivity index (χ3v) is 9.69. The molecule has 0 radical (unpaired) electrons. The van der Waals surface area contributed by atoms with Crippen LogP contribution in [0.1, 0.15) is 44.6 Å². The topological polar surface area (TPSA) is 86.8 Å². The number of nitrogens with zero attached hydrogens (tertiary/aromatic N) is 2. The summed E-state index contributed by atoms with van der Waals surface area (Å²) < 4.78 is 28.7. The maximum absolute atomic E-state index is 14.0. The molecule has 1 fully saturated rings. The average Bonchev–Trinajstić information content (AvgIpc) is 2.95. The van der Waals surface area contributed by atoms with E-state index in [-0.39, 0.29) is 29.1 Å². The summed E-state index contributed by atoms with van der Waals surface area (Å²) in [6.07, 6.45) is 5.02. The third-order valence-electron chi connectivity index (χ3n) is 7.16. The molecule has 0 aliphatic heterocycles. The fourth-order valence-corrected chi connectivity index (χ4v) is 6.67. The van der Waals surface area contributed by atoms with Crippen LogP contribution in [0.4, 0.5) is 5.69 Å². The van der Waals surface area contributed by atoms with E-state index in [2.05, 4.69) is 5.32 Å². The summed E-state index contributed by atoms with van der Waals surface area (Å²) >= 11 is 18.3. The summed E-state index contributed by atoms with van der Waals surface area (Å²) in [5, 5.41) is 4.31. The van der Waals surface area contributed by atoms with Crippen LogP contribution in [0.25, 0.3) is 0 Å². The SMILES string of the molecule is CC(C(=O)NC1CCCCC1)N(Cc1ccc(Cl)cc1)C(=O)CN(c1cccc(Cl)c1)S(=O)(=O)c1ccc(Cl)cc1. The Morgan fingerprint density at radius 2 is 1.49 bits per heavy atom. The minimum absolute atomic E-state index is 0.0398. The van der Waals surface area contributed by atoms with Crippen LogP contribution in [0.15, 0.2) is 77.7 Å². The fraction of sp³-hybridized carbons (Fsp3) is 0.333. The summed E-state index contributed by atoms with van der Waals surface area (Å²) in [7, 11) is -4.21. The van der Waals surface area contributed by atoms with Gasteiger partial charge in [0.2, 0.25) is 11.8 Å². The first-order valence-electron chi connectivity index (χ1n) is 13.4. The molecule has 1 atom stereocenters. The van der Waals surface area contributed by atoms with Gasteiger partial charge in [-0.25, -0.2) is 8.42 Å². The molecule has 11 heteroatoms. The largest absolute Gasteiger partial charge is 0.352 e. The molecule has 0 saturated heterocycles. The number of sulfonamides is 1. The molecule has 7 nitrogen and oxygen atoms in total. The van der Waals surface area contributed by atoms with Gasteiger partial charge < -0.3 is 10.2 Å². The molecule has 0 spiro atoms. The lowest BCUT2D eigenvalue weighted by Gasteiger charge is -2.33. The quantitative estimate of drug-likeness (QED) is 0.268. The molecule has 3 aromatic carbocycles. The summed E-state index contributed by atoms with van der Waals surface area (Å²) in [6, 6.07) is 18.1. The lowest BCUT2D eigenvalue weighted by molar-refractivity contribution is -0.139. The van der Waals surface area contributed by atoms with Gasteiger partial charge in [0.05, 0.1) is 10.6 Å². The zero-order valence-electron chi connectivity index (χ0n) is 22.6. The highest BCUT2D eigenvalue weighted by molar-refractivity contribution is 7.92. The van der Waals surface area contributed by atoms with Crippen molar-refractivity contribution < 1.29 is 18.0 Å². The average molecular weight is 637 g/mol. The maximum Gasteiger partial charge on any atom is 0.264 e. The Kier molecular flexibility index (Phi) is 10.6. The standard InChI is InChI=1S/C30H32Cl3N3O4S/c1-21(30(38)34-26-7-3-2-4-8-26)35(19-22-10-12-23(31)13-11-22)29(37)20-36(27-9-5-6-25(33)18-27)41(39,40)28-16-14-24(32)15-17-28/h5-6,9-18,21,26H,2-4,7-8,19-20H2,1H3,(H,34,38). The van der Waals surface area contributed by atoms with E-state index in [1.54, 1.807) is 49.4 Å². The number of hydrogen-bond acceptors (Lipinski definition) is 4. The summed E-state index contributed by atoms with van der Waals surface area (Å²) in [5.74, 6) is -0.835. The Bertz CT molecular complexity index is 1460. The van der Waals surface area contributed by atoms with Gasteiger partial charge in [-0.2, -0.15) is 0 Å². The Hall–Kier alpha value is -2.78. The molecule has 0 aromatic heterocycles. The number of carbonyl (C=O) groups excluding carboxylic acids is 2. The zero-order valence-corrected chi connectivity index (χ0v) is 25.7. The van der Waals surface area contributed by atoms with Crippen molar-refractivity contribution in [3.8, 4) is 0 Å². The van der Waals surface area contributed by atoms with Gasteiger partial charge in [0.25, 0.3) is 10.0 Å². The smallest absolute Gasteiger partial charge is 0.264 e. The van der Waals surface area contributed by atoms with Crippen LogP contribution in [0, 0.1) is 0 Å². The number of amides is 2. The van der Waals surface area contributed by atoms with E-state index in [0.29, 0.717) is 15.1 Å². The van der Waals surface area contributed by atoms with E-state index in [9.17, 15) is 18.0 Å². The number of carbonyl (C=O) groups is 2. The van der Waals surface area contributed by atoms with Gasteiger partial charge in [0, 0.05) is 27.7 Å². The summed E-state index contributed by atoms with van der Waals surface area (Å²) in [5.41, 5.74) is 0.960. The molecular weight excluding hydrogens is 605 g/mol. The maximum atomic E-state index is 14.0. The number of nitrogens with one attached hydrogen (secondary N) is 1. The van der Waals surface area contributed by atoms with Crippen molar-refractivity contribution in [3.05, 3.63) is 93.4 Å². The van der Waals surface area contributed by atoms with E-state index in [0.717, 1.165) is 42.0 Å². The number of hydrogen-bond donors (Lipinski definition) is 1. The van der Waals surface area contributed by atoms with Crippen LogP contribution in [0.2, 0.25) is 15.1 Å². The second-order valence-electron chi connectivity index (χ2n) is 10.1. The molecule has 1 aliphatic carbocycles. The van der Waals surface area contributed by atoms with Crippen LogP contribution in [0.3, 0.4) is 0 Å². The molecule has 3 aromatic rings. The van der Waals surface area contributed by atoms with Gasteiger partial charge in [-0.3, -0.25) is 13.9 Å². The molecule has 1 unspecified atom stereocenters. The van der Waals surface area contributed by atoms with E-state index >= 15 is 0 Å². The minimum Gasteiger partial charge on any atom is -0.352 e. The Morgan fingerprint density at radius 3 is 2.10 bits per heavy atom. The highest BCUT2D eigenvalue weighted by Crippen LogP contribution is 2.28. The lowest BCUT2D eigenvalue weighted by Crippen LogP contribution is -2.53. The van der Waals surface area contributed by atoms with Gasteiger partial charge in [-0.15, -0.1) is 0 Å².